The first-order valence-corrected chi connectivity index (χ1v) is 8.13. The highest BCUT2D eigenvalue weighted by Crippen LogP contribution is 2.21. The van der Waals surface area contributed by atoms with Crippen molar-refractivity contribution in [1.82, 2.24) is 9.88 Å². The van der Waals surface area contributed by atoms with E-state index < -0.39 is 11.2 Å². The lowest BCUT2D eigenvalue weighted by Gasteiger charge is -2.25. The quantitative estimate of drug-likeness (QED) is 0.582. The van der Waals surface area contributed by atoms with Crippen molar-refractivity contribution in [1.29, 1.82) is 0 Å². The van der Waals surface area contributed by atoms with Gasteiger partial charge in [0, 0.05) is 37.4 Å². The van der Waals surface area contributed by atoms with Crippen LogP contribution in [-0.2, 0) is 24.1 Å². The number of thiazole rings is 1. The third-order valence-corrected chi connectivity index (χ3v) is 5.00. The molecular weight excluding hydrogens is 252 g/mol. The van der Waals surface area contributed by atoms with E-state index >= 15 is 0 Å². The van der Waals surface area contributed by atoms with Crippen molar-refractivity contribution in [3.8, 4) is 0 Å². The van der Waals surface area contributed by atoms with Crippen LogP contribution < -0.4 is 0 Å². The van der Waals surface area contributed by atoms with E-state index in [4.69, 9.17) is 0 Å². The molecule has 1 atom stereocenters. The lowest BCUT2D eigenvalue weighted by atomic mass is 10.2. The van der Waals surface area contributed by atoms with E-state index in [-0.39, 0.29) is 0 Å². The summed E-state index contributed by atoms with van der Waals surface area (Å²) in [6, 6.07) is 0. The van der Waals surface area contributed by atoms with Crippen LogP contribution in [0.2, 0.25) is 0 Å². The van der Waals surface area contributed by atoms with Gasteiger partial charge in [-0.2, -0.15) is 0 Å². The molecule has 0 fully saturated rings. The molecule has 1 aliphatic rings. The Kier molecular flexibility index (Phi) is 5.03. The number of hydrogen-bond acceptors (Lipinski definition) is 4. The van der Waals surface area contributed by atoms with E-state index in [0.29, 0.717) is 5.75 Å². The molecule has 1 aliphatic heterocycles. The summed E-state index contributed by atoms with van der Waals surface area (Å²) < 4.78 is 11.5. The molecule has 1 aromatic heterocycles. The minimum Gasteiger partial charge on any atom is -0.616 e. The lowest BCUT2D eigenvalue weighted by molar-refractivity contribution is 0.256. The summed E-state index contributed by atoms with van der Waals surface area (Å²) in [5, 5.41) is 0. The molecule has 93 valence electrons. The van der Waals surface area contributed by atoms with Gasteiger partial charge >= 0.3 is 0 Å². The third-order valence-electron chi connectivity index (χ3n) is 2.85. The maximum absolute atomic E-state index is 11.5. The van der Waals surface area contributed by atoms with E-state index in [9.17, 15) is 4.55 Å². The molecule has 0 aromatic carbocycles. The monoisotopic (exact) mass is 269 g/mol. The van der Waals surface area contributed by atoms with Crippen LogP contribution in [0.4, 0.5) is 0 Å². The highest BCUT2D eigenvalue weighted by Gasteiger charge is 2.18. The maximum Gasteiger partial charge on any atom is 0.152 e. The summed E-state index contributed by atoms with van der Waals surface area (Å²) in [4.78, 5) is 8.00. The second-order valence-electron chi connectivity index (χ2n) is 4.15. The summed E-state index contributed by atoms with van der Waals surface area (Å²) in [6.45, 7) is 6.69. The zero-order chi connectivity index (χ0) is 12.1. The SMILES string of the molecule is C=CC[S+]([O-])CCCN1CCc2n[c]sc2C1. The van der Waals surface area contributed by atoms with Gasteiger partial charge in [-0.3, -0.25) is 4.90 Å². The fourth-order valence-electron chi connectivity index (χ4n) is 1.97. The van der Waals surface area contributed by atoms with Crippen molar-refractivity contribution >= 4 is 22.5 Å². The molecule has 2 heterocycles. The average molecular weight is 269 g/mol. The van der Waals surface area contributed by atoms with Crippen molar-refractivity contribution in [3.05, 3.63) is 28.7 Å². The van der Waals surface area contributed by atoms with Gasteiger partial charge in [0.2, 0.25) is 0 Å². The van der Waals surface area contributed by atoms with Gasteiger partial charge in [0.15, 0.2) is 5.51 Å². The van der Waals surface area contributed by atoms with E-state index in [1.807, 2.05) is 0 Å². The normalized spacial score (nSPS) is 17.7. The molecular formula is C12H17N2OS2. The molecule has 0 saturated carbocycles. The van der Waals surface area contributed by atoms with Crippen LogP contribution in [0.25, 0.3) is 0 Å². The first-order valence-electron chi connectivity index (χ1n) is 5.82. The number of fused-ring (bicyclic) bond motifs is 1. The van der Waals surface area contributed by atoms with Crippen molar-refractivity contribution in [3.63, 3.8) is 0 Å². The van der Waals surface area contributed by atoms with Gasteiger partial charge in [0.1, 0.15) is 11.5 Å². The third kappa shape index (κ3) is 3.81. The molecule has 2 rings (SSSR count). The zero-order valence-electron chi connectivity index (χ0n) is 9.85. The standard InChI is InChI=1S/C12H17N2OS2/c1-2-7-17(15)8-3-5-14-6-4-11-12(9-14)16-10-13-11/h2H,1,3-9H2. The Labute approximate surface area is 110 Å². The summed E-state index contributed by atoms with van der Waals surface area (Å²) in [5.74, 6) is 1.40. The highest BCUT2D eigenvalue weighted by molar-refractivity contribution is 7.91. The molecule has 3 nitrogen and oxygen atoms in total. The topological polar surface area (TPSA) is 39.2 Å². The van der Waals surface area contributed by atoms with Crippen LogP contribution in [0.1, 0.15) is 17.0 Å². The lowest BCUT2D eigenvalue weighted by Crippen LogP contribution is -2.31. The van der Waals surface area contributed by atoms with Crippen LogP contribution in [-0.4, -0.2) is 39.0 Å². The predicted molar refractivity (Wildman–Crippen MR) is 72.6 cm³/mol. The minimum atomic E-state index is -0.722. The van der Waals surface area contributed by atoms with Gasteiger partial charge in [0.05, 0.1) is 5.69 Å². The van der Waals surface area contributed by atoms with Gasteiger partial charge in [0.25, 0.3) is 0 Å². The molecule has 0 N–H and O–H groups in total. The summed E-state index contributed by atoms with van der Waals surface area (Å²) >= 11 is 0.904. The molecule has 0 spiro atoms. The van der Waals surface area contributed by atoms with Crippen molar-refractivity contribution < 1.29 is 4.55 Å². The smallest absolute Gasteiger partial charge is 0.152 e. The summed E-state index contributed by atoms with van der Waals surface area (Å²) in [6.07, 6.45) is 3.76. The molecule has 17 heavy (non-hydrogen) atoms. The average Bonchev–Trinajstić information content (AvgIpc) is 2.76. The van der Waals surface area contributed by atoms with Crippen LogP contribution >= 0.6 is 11.3 Å². The predicted octanol–water partition coefficient (Wildman–Crippen LogP) is 1.63. The highest BCUT2D eigenvalue weighted by atomic mass is 32.2. The first kappa shape index (κ1) is 13.1. The molecule has 0 bridgehead atoms. The minimum absolute atomic E-state index is 0.619. The van der Waals surface area contributed by atoms with Gasteiger partial charge in [-0.1, -0.05) is 6.58 Å². The van der Waals surface area contributed by atoms with Gasteiger partial charge in [-0.15, -0.1) is 11.3 Å². The number of nitrogens with zero attached hydrogens (tertiary/aromatic N) is 2. The molecule has 1 radical (unpaired) electrons. The number of hydrogen-bond donors (Lipinski definition) is 0. The van der Waals surface area contributed by atoms with Crippen LogP contribution in [0.5, 0.6) is 0 Å². The molecule has 5 heteroatoms. The van der Waals surface area contributed by atoms with Crippen molar-refractivity contribution in [2.45, 2.75) is 19.4 Å². The Morgan fingerprint density at radius 3 is 3.35 bits per heavy atom. The van der Waals surface area contributed by atoms with Crippen LogP contribution in [0, 0.1) is 5.51 Å². The number of rotatable bonds is 6. The fourth-order valence-corrected chi connectivity index (χ4v) is 3.63. The second kappa shape index (κ2) is 6.54. The molecule has 0 aliphatic carbocycles. The Hall–Kier alpha value is -0.360. The van der Waals surface area contributed by atoms with E-state index in [0.717, 1.165) is 38.2 Å². The van der Waals surface area contributed by atoms with Gasteiger partial charge in [-0.05, 0) is 17.3 Å². The molecule has 1 aromatic rings. The molecule has 0 amide bonds. The summed E-state index contributed by atoms with van der Waals surface area (Å²) in [7, 11) is 0. The molecule has 0 saturated heterocycles. The first-order chi connectivity index (χ1) is 8.29. The number of aromatic nitrogens is 1. The Bertz CT molecular complexity index is 367. The molecule has 1 unspecified atom stereocenters. The Morgan fingerprint density at radius 1 is 1.65 bits per heavy atom. The second-order valence-corrected chi connectivity index (χ2v) is 6.65. The van der Waals surface area contributed by atoms with Gasteiger partial charge in [-0.25, -0.2) is 4.98 Å². The van der Waals surface area contributed by atoms with Crippen molar-refractivity contribution in [2.75, 3.05) is 24.6 Å². The zero-order valence-corrected chi connectivity index (χ0v) is 11.5. The van der Waals surface area contributed by atoms with Gasteiger partial charge < -0.3 is 4.55 Å². The van der Waals surface area contributed by atoms with Crippen LogP contribution in [0.15, 0.2) is 12.7 Å². The maximum atomic E-state index is 11.5. The Balaban J connectivity index is 1.70. The Morgan fingerprint density at radius 2 is 2.53 bits per heavy atom. The van der Waals surface area contributed by atoms with Crippen molar-refractivity contribution in [2.24, 2.45) is 0 Å². The van der Waals surface area contributed by atoms with E-state index in [1.54, 1.807) is 17.4 Å². The van der Waals surface area contributed by atoms with E-state index in [1.165, 1.54) is 10.6 Å². The van der Waals surface area contributed by atoms with Crippen LogP contribution in [0.3, 0.4) is 0 Å². The largest absolute Gasteiger partial charge is 0.616 e. The van der Waals surface area contributed by atoms with E-state index in [2.05, 4.69) is 22.0 Å². The summed E-state index contributed by atoms with van der Waals surface area (Å²) in [5.41, 5.74) is 4.18. The fraction of sp³-hybridized carbons (Fsp3) is 0.583.